The quantitative estimate of drug-likeness (QED) is 0.619. The number of carbonyl (C=O) groups excluding carboxylic acids is 2. The van der Waals surface area contributed by atoms with Crippen LogP contribution in [0.25, 0.3) is 5.69 Å². The number of hydrogen-bond donors (Lipinski definition) is 2. The zero-order valence-corrected chi connectivity index (χ0v) is 16.3. The van der Waals surface area contributed by atoms with Gasteiger partial charge in [0.2, 0.25) is 0 Å². The fraction of sp³-hybridized carbons (Fsp3) is 0.118. The van der Waals surface area contributed by atoms with Crippen molar-refractivity contribution in [3.63, 3.8) is 0 Å². The Bertz CT molecular complexity index is 978. The number of halogens is 2. The molecule has 0 aliphatic rings. The van der Waals surface area contributed by atoms with Crippen molar-refractivity contribution >= 4 is 39.3 Å². The van der Waals surface area contributed by atoms with Gasteiger partial charge in [-0.25, -0.2) is 4.68 Å². The third-order valence-electron chi connectivity index (χ3n) is 3.82. The summed E-state index contributed by atoms with van der Waals surface area (Å²) in [6, 6.07) is 8.76. The summed E-state index contributed by atoms with van der Waals surface area (Å²) in [5.74, 6) is -0.876. The van der Waals surface area contributed by atoms with Gasteiger partial charge in [-0.05, 0) is 53.2 Å². The van der Waals surface area contributed by atoms with Gasteiger partial charge in [0, 0.05) is 22.7 Å². The lowest BCUT2D eigenvalue weighted by atomic mass is 10.2. The fourth-order valence-corrected chi connectivity index (χ4v) is 3.12. The molecule has 0 aliphatic carbocycles. The van der Waals surface area contributed by atoms with Crippen molar-refractivity contribution < 1.29 is 9.59 Å². The Morgan fingerprint density at radius 3 is 2.42 bits per heavy atom. The van der Waals surface area contributed by atoms with Crippen LogP contribution in [-0.2, 0) is 7.05 Å². The van der Waals surface area contributed by atoms with Gasteiger partial charge in [-0.2, -0.15) is 5.10 Å². The van der Waals surface area contributed by atoms with Crippen LogP contribution < -0.4 is 10.9 Å². The molecule has 0 bridgehead atoms. The van der Waals surface area contributed by atoms with Gasteiger partial charge >= 0.3 is 0 Å². The number of aryl methyl sites for hydroxylation is 1. The van der Waals surface area contributed by atoms with Crippen LogP contribution in [0.3, 0.4) is 0 Å². The Morgan fingerprint density at radius 1 is 1.15 bits per heavy atom. The topological polar surface area (TPSA) is 81.0 Å². The summed E-state index contributed by atoms with van der Waals surface area (Å²) in [6.07, 6.45) is 3.20. The average molecular weight is 437 g/mol. The van der Waals surface area contributed by atoms with E-state index in [4.69, 9.17) is 11.6 Å². The van der Waals surface area contributed by atoms with Crippen LogP contribution >= 0.6 is 27.5 Å². The zero-order valence-electron chi connectivity index (χ0n) is 14.0. The lowest BCUT2D eigenvalue weighted by Crippen LogP contribution is -2.42. The van der Waals surface area contributed by atoms with Gasteiger partial charge in [0.05, 0.1) is 23.1 Å². The first kappa shape index (κ1) is 18.2. The number of hydrogen-bond acceptors (Lipinski definition) is 3. The largest absolute Gasteiger partial charge is 0.345 e. The van der Waals surface area contributed by atoms with E-state index in [9.17, 15) is 9.59 Å². The van der Waals surface area contributed by atoms with Crippen LogP contribution in [-0.4, -0.2) is 26.2 Å². The van der Waals surface area contributed by atoms with Crippen LogP contribution in [0.4, 0.5) is 0 Å². The highest BCUT2D eigenvalue weighted by atomic mass is 79.9. The van der Waals surface area contributed by atoms with Crippen molar-refractivity contribution in [3.05, 3.63) is 69.2 Å². The maximum atomic E-state index is 12.4. The number of amides is 2. The molecule has 3 aromatic rings. The number of carbonyl (C=O) groups is 2. The lowest BCUT2D eigenvalue weighted by Gasteiger charge is -2.08. The molecule has 26 heavy (non-hydrogen) atoms. The smallest absolute Gasteiger partial charge is 0.286 e. The van der Waals surface area contributed by atoms with Crippen molar-refractivity contribution in [2.24, 2.45) is 7.05 Å². The van der Waals surface area contributed by atoms with Gasteiger partial charge in [-0.15, -0.1) is 0 Å². The molecule has 1 aromatic carbocycles. The number of nitrogens with zero attached hydrogens (tertiary/aromatic N) is 3. The molecular weight excluding hydrogens is 422 g/mol. The number of benzene rings is 1. The van der Waals surface area contributed by atoms with E-state index < -0.39 is 11.8 Å². The predicted octanol–water partition coefficient (Wildman–Crippen LogP) is 3.01. The third kappa shape index (κ3) is 3.66. The lowest BCUT2D eigenvalue weighted by molar-refractivity contribution is 0.0841. The molecule has 0 unspecified atom stereocenters. The van der Waals surface area contributed by atoms with Crippen molar-refractivity contribution in [3.8, 4) is 5.69 Å². The van der Waals surface area contributed by atoms with E-state index in [-0.39, 0.29) is 0 Å². The second-order valence-corrected chi connectivity index (χ2v) is 6.95. The van der Waals surface area contributed by atoms with Crippen molar-refractivity contribution in [2.75, 3.05) is 0 Å². The number of nitrogens with one attached hydrogen (secondary N) is 2. The Kier molecular flexibility index (Phi) is 5.15. The molecule has 2 aromatic heterocycles. The molecule has 0 atom stereocenters. The summed E-state index contributed by atoms with van der Waals surface area (Å²) in [5, 5.41) is 4.85. The van der Waals surface area contributed by atoms with E-state index in [0.29, 0.717) is 22.0 Å². The van der Waals surface area contributed by atoms with E-state index in [1.807, 2.05) is 0 Å². The van der Waals surface area contributed by atoms with Crippen LogP contribution in [0.2, 0.25) is 5.02 Å². The minimum atomic E-state index is -0.454. The van der Waals surface area contributed by atoms with E-state index in [2.05, 4.69) is 31.9 Å². The Hall–Kier alpha value is -2.58. The minimum Gasteiger partial charge on any atom is -0.345 e. The molecule has 2 N–H and O–H groups in total. The Labute approximate surface area is 163 Å². The van der Waals surface area contributed by atoms with Crippen LogP contribution in [0, 0.1) is 6.92 Å². The van der Waals surface area contributed by atoms with Gasteiger partial charge in [-0.3, -0.25) is 20.4 Å². The molecule has 9 heteroatoms. The second kappa shape index (κ2) is 7.35. The van der Waals surface area contributed by atoms with Gasteiger partial charge in [0.25, 0.3) is 11.8 Å². The van der Waals surface area contributed by atoms with Gasteiger partial charge in [0.1, 0.15) is 5.69 Å². The standard InChI is InChI=1S/C17H15BrClN5O2/c1-10-14(8-20-24(10)13-5-3-12(19)4-6-13)16(25)21-22-17(26)15-7-11(18)9-23(15)2/h3-9H,1-2H3,(H,21,25)(H,22,26). The highest BCUT2D eigenvalue weighted by Gasteiger charge is 2.17. The summed E-state index contributed by atoms with van der Waals surface area (Å²) in [7, 11) is 1.74. The van der Waals surface area contributed by atoms with E-state index >= 15 is 0 Å². The third-order valence-corrected chi connectivity index (χ3v) is 4.51. The Morgan fingerprint density at radius 2 is 1.81 bits per heavy atom. The molecule has 0 saturated carbocycles. The molecule has 2 amide bonds. The van der Waals surface area contributed by atoms with Gasteiger partial charge in [-0.1, -0.05) is 11.6 Å². The summed E-state index contributed by atoms with van der Waals surface area (Å²) < 4.78 is 4.05. The SMILES string of the molecule is Cc1c(C(=O)NNC(=O)c2cc(Br)cn2C)cnn1-c1ccc(Cl)cc1. The molecule has 134 valence electrons. The zero-order chi connectivity index (χ0) is 18.8. The predicted molar refractivity (Wildman–Crippen MR) is 101 cm³/mol. The molecule has 0 fully saturated rings. The number of rotatable bonds is 3. The van der Waals surface area contributed by atoms with E-state index in [1.165, 1.54) is 6.20 Å². The Balaban J connectivity index is 1.72. The molecule has 0 radical (unpaired) electrons. The molecule has 0 aliphatic heterocycles. The molecule has 0 spiro atoms. The highest BCUT2D eigenvalue weighted by molar-refractivity contribution is 9.10. The monoisotopic (exact) mass is 435 g/mol. The van der Waals surface area contributed by atoms with Gasteiger partial charge in [0.15, 0.2) is 0 Å². The summed E-state index contributed by atoms with van der Waals surface area (Å²) in [5.41, 5.74) is 6.99. The van der Waals surface area contributed by atoms with Crippen LogP contribution in [0.15, 0.2) is 47.2 Å². The van der Waals surface area contributed by atoms with E-state index in [1.54, 1.807) is 59.7 Å². The van der Waals surface area contributed by atoms with Crippen LogP contribution in [0.1, 0.15) is 26.5 Å². The molecular formula is C17H15BrClN5O2. The second-order valence-electron chi connectivity index (χ2n) is 5.59. The van der Waals surface area contributed by atoms with Crippen LogP contribution in [0.5, 0.6) is 0 Å². The first-order valence-electron chi connectivity index (χ1n) is 7.60. The number of hydrazine groups is 1. The molecule has 3 rings (SSSR count). The molecule has 2 heterocycles. The average Bonchev–Trinajstić information content (AvgIpc) is 3.15. The first-order valence-corrected chi connectivity index (χ1v) is 8.77. The summed E-state index contributed by atoms with van der Waals surface area (Å²) in [4.78, 5) is 24.5. The maximum Gasteiger partial charge on any atom is 0.286 e. The van der Waals surface area contributed by atoms with Crippen molar-refractivity contribution in [2.45, 2.75) is 6.92 Å². The highest BCUT2D eigenvalue weighted by Crippen LogP contribution is 2.17. The van der Waals surface area contributed by atoms with E-state index in [0.717, 1.165) is 10.2 Å². The minimum absolute atomic E-state index is 0.355. The number of aromatic nitrogens is 3. The summed E-state index contributed by atoms with van der Waals surface area (Å²) >= 11 is 9.19. The summed E-state index contributed by atoms with van der Waals surface area (Å²) in [6.45, 7) is 1.77. The van der Waals surface area contributed by atoms with Gasteiger partial charge < -0.3 is 4.57 Å². The van der Waals surface area contributed by atoms with Crippen molar-refractivity contribution in [1.29, 1.82) is 0 Å². The molecule has 7 nitrogen and oxygen atoms in total. The maximum absolute atomic E-state index is 12.4. The fourth-order valence-electron chi connectivity index (χ4n) is 2.47. The van der Waals surface area contributed by atoms with Crippen molar-refractivity contribution in [1.82, 2.24) is 25.2 Å². The normalized spacial score (nSPS) is 10.6. The molecule has 0 saturated heterocycles. The first-order chi connectivity index (χ1) is 12.4.